The van der Waals surface area contributed by atoms with Crippen molar-refractivity contribution in [3.63, 3.8) is 0 Å². The van der Waals surface area contributed by atoms with Crippen LogP contribution in [0.25, 0.3) is 0 Å². The van der Waals surface area contributed by atoms with Crippen molar-refractivity contribution < 1.29 is 82.7 Å². The van der Waals surface area contributed by atoms with Gasteiger partial charge in [0, 0.05) is 0 Å². The van der Waals surface area contributed by atoms with Crippen molar-refractivity contribution in [1.29, 1.82) is 0 Å². The zero-order chi connectivity index (χ0) is 13.9. The van der Waals surface area contributed by atoms with Crippen molar-refractivity contribution in [3.05, 3.63) is 48.5 Å². The average Bonchev–Trinajstić information content (AvgIpc) is 2.37. The fraction of sp³-hybridized carbons (Fsp3) is 0. The van der Waals surface area contributed by atoms with Gasteiger partial charge in [0.25, 0.3) is 0 Å². The molecule has 7 nitrogen and oxygen atoms in total. The Balaban J connectivity index is 0. The molecule has 0 heterocycles. The first kappa shape index (κ1) is 24.0. The Morgan fingerprint density at radius 3 is 1.50 bits per heavy atom. The third-order valence-electron chi connectivity index (χ3n) is 2.24. The molecule has 0 fully saturated rings. The summed E-state index contributed by atoms with van der Waals surface area (Å²) in [7, 11) is -4.45. The van der Waals surface area contributed by atoms with Gasteiger partial charge < -0.3 is 15.1 Å². The van der Waals surface area contributed by atoms with E-state index in [0.29, 0.717) is 11.4 Å². The molecule has 0 atom stereocenters. The van der Waals surface area contributed by atoms with Gasteiger partial charge in [-0.25, -0.2) is 8.42 Å². The van der Waals surface area contributed by atoms with Gasteiger partial charge in [-0.05, 0) is 36.4 Å². The third kappa shape index (κ3) is 7.32. The predicted molar refractivity (Wildman–Crippen MR) is 68.1 cm³/mol. The maximum absolute atomic E-state index is 10.9. The standard InChI is InChI=1S/C12H10N2O4S.2Na.H2O/c15-11-5-1-9(2-6-11)13-14-10-3-7-12(8-4-10)19(16,17)18;;;/h1-8,15H,(H,16,17,18);;;1H2/q;2*+1;/p-2. The molecule has 0 amide bonds. The number of hydrogen-bond donors (Lipinski definition) is 0. The van der Waals surface area contributed by atoms with Crippen LogP contribution in [0.15, 0.2) is 63.7 Å². The second-order valence-corrected chi connectivity index (χ2v) is 5.02. The smallest absolute Gasteiger partial charge is 0.872 e. The zero-order valence-electron chi connectivity index (χ0n) is 12.1. The molecule has 0 bridgehead atoms. The molecule has 106 valence electrons. The third-order valence-corrected chi connectivity index (χ3v) is 3.09. The molecule has 0 aromatic heterocycles. The zero-order valence-corrected chi connectivity index (χ0v) is 16.9. The molecule has 2 aromatic carbocycles. The molecule has 0 saturated heterocycles. The summed E-state index contributed by atoms with van der Waals surface area (Å²) in [4.78, 5) is -0.317. The Bertz CT molecular complexity index is 703. The Morgan fingerprint density at radius 2 is 1.14 bits per heavy atom. The van der Waals surface area contributed by atoms with E-state index in [1.807, 2.05) is 0 Å². The van der Waals surface area contributed by atoms with Crippen LogP contribution in [-0.4, -0.2) is 18.4 Å². The molecule has 0 saturated carbocycles. The van der Waals surface area contributed by atoms with Gasteiger partial charge >= 0.3 is 59.1 Å². The quantitative estimate of drug-likeness (QED) is 0.315. The summed E-state index contributed by atoms with van der Waals surface area (Å²) in [5.41, 5.74) is 0.902. The number of nitrogens with zero attached hydrogens (tertiary/aromatic N) is 2. The van der Waals surface area contributed by atoms with Crippen LogP contribution in [0, 0.1) is 0 Å². The van der Waals surface area contributed by atoms with Crippen LogP contribution in [0.1, 0.15) is 0 Å². The minimum Gasteiger partial charge on any atom is -0.872 e. The molecule has 2 aromatic rings. The van der Waals surface area contributed by atoms with E-state index < -0.39 is 10.1 Å². The summed E-state index contributed by atoms with van der Waals surface area (Å²) in [6, 6.07) is 10.8. The summed E-state index contributed by atoms with van der Waals surface area (Å²) in [6.45, 7) is 0. The van der Waals surface area contributed by atoms with E-state index in [-0.39, 0.29) is 75.2 Å². The van der Waals surface area contributed by atoms with Crippen molar-refractivity contribution >= 4 is 21.5 Å². The number of hydrogen-bond acceptors (Lipinski definition) is 6. The second kappa shape index (κ2) is 10.5. The topological polar surface area (TPSA) is 136 Å². The normalized spacial score (nSPS) is 10.2. The van der Waals surface area contributed by atoms with Gasteiger partial charge in [-0.2, -0.15) is 10.2 Å². The van der Waals surface area contributed by atoms with Gasteiger partial charge in [0.1, 0.15) is 10.1 Å². The maximum Gasteiger partial charge on any atom is 1.00 e. The van der Waals surface area contributed by atoms with E-state index in [4.69, 9.17) is 0 Å². The maximum atomic E-state index is 10.9. The van der Waals surface area contributed by atoms with E-state index in [1.165, 1.54) is 36.4 Å². The molecule has 0 aliphatic rings. The largest absolute Gasteiger partial charge is 1.00 e. The Labute approximate surface area is 172 Å². The molecule has 10 heteroatoms. The molecule has 0 spiro atoms. The predicted octanol–water partition coefficient (Wildman–Crippen LogP) is -4.74. The summed E-state index contributed by atoms with van der Waals surface area (Å²) < 4.78 is 32.1. The number of azo groups is 1. The molecule has 0 radical (unpaired) electrons. The molecular formula is C12H10N2Na2O5S. The van der Waals surface area contributed by atoms with E-state index >= 15 is 0 Å². The van der Waals surface area contributed by atoms with Crippen molar-refractivity contribution in [2.24, 2.45) is 10.2 Å². The summed E-state index contributed by atoms with van der Waals surface area (Å²) in [6.07, 6.45) is 0. The van der Waals surface area contributed by atoms with Gasteiger partial charge in [0.15, 0.2) is 0 Å². The van der Waals surface area contributed by atoms with Crippen LogP contribution in [-0.2, 0) is 10.1 Å². The molecule has 0 aliphatic heterocycles. The minimum absolute atomic E-state index is 0. The van der Waals surface area contributed by atoms with Crippen LogP contribution in [0.3, 0.4) is 0 Å². The Hall–Kier alpha value is -0.290. The monoisotopic (exact) mass is 340 g/mol. The van der Waals surface area contributed by atoms with Crippen LogP contribution in [0.2, 0.25) is 0 Å². The number of benzene rings is 2. The number of rotatable bonds is 3. The van der Waals surface area contributed by atoms with Crippen molar-refractivity contribution in [2.45, 2.75) is 4.90 Å². The van der Waals surface area contributed by atoms with Crippen molar-refractivity contribution in [1.82, 2.24) is 0 Å². The van der Waals surface area contributed by atoms with Crippen molar-refractivity contribution in [2.75, 3.05) is 0 Å². The van der Waals surface area contributed by atoms with Gasteiger partial charge in [0.05, 0.1) is 16.3 Å². The van der Waals surface area contributed by atoms with E-state index in [0.717, 1.165) is 12.1 Å². The van der Waals surface area contributed by atoms with Crippen LogP contribution >= 0.6 is 0 Å². The van der Waals surface area contributed by atoms with Crippen LogP contribution in [0.5, 0.6) is 5.75 Å². The van der Waals surface area contributed by atoms with E-state index in [1.54, 1.807) is 0 Å². The molecule has 0 unspecified atom stereocenters. The van der Waals surface area contributed by atoms with Crippen LogP contribution in [0.4, 0.5) is 11.4 Å². The fourth-order valence-electron chi connectivity index (χ4n) is 1.31. The van der Waals surface area contributed by atoms with Crippen molar-refractivity contribution in [3.8, 4) is 5.75 Å². The Morgan fingerprint density at radius 1 is 0.773 bits per heavy atom. The van der Waals surface area contributed by atoms with Gasteiger partial charge in [-0.1, -0.05) is 12.1 Å². The summed E-state index contributed by atoms with van der Waals surface area (Å²) in [5.74, 6) is -0.121. The molecule has 0 aliphatic carbocycles. The van der Waals surface area contributed by atoms with E-state index in [2.05, 4.69) is 10.2 Å². The van der Waals surface area contributed by atoms with Gasteiger partial charge in [-0.3, -0.25) is 0 Å². The first-order valence-corrected chi connectivity index (χ1v) is 6.61. The molecular weight excluding hydrogens is 330 g/mol. The van der Waals surface area contributed by atoms with Gasteiger partial charge in [0.2, 0.25) is 0 Å². The minimum atomic E-state index is -4.45. The average molecular weight is 340 g/mol. The second-order valence-electron chi connectivity index (χ2n) is 3.64. The molecule has 2 rings (SSSR count). The summed E-state index contributed by atoms with van der Waals surface area (Å²) in [5, 5.41) is 18.6. The first-order chi connectivity index (χ1) is 8.95. The summed E-state index contributed by atoms with van der Waals surface area (Å²) >= 11 is 0. The van der Waals surface area contributed by atoms with Gasteiger partial charge in [-0.15, -0.1) is 5.75 Å². The molecule has 22 heavy (non-hydrogen) atoms. The Kier molecular flexibility index (Phi) is 11.4. The SMILES string of the molecule is O.O=S(=O)([O-])c1ccc(N=Nc2ccc([O-])cc2)cc1.[Na+].[Na+]. The van der Waals surface area contributed by atoms with Crippen LogP contribution < -0.4 is 64.2 Å². The fourth-order valence-corrected chi connectivity index (χ4v) is 1.78. The van der Waals surface area contributed by atoms with E-state index in [9.17, 15) is 18.1 Å². The molecule has 2 N–H and O–H groups in total. The first-order valence-electron chi connectivity index (χ1n) is 5.20.